The Hall–Kier alpha value is -4.14. The van der Waals surface area contributed by atoms with Crippen molar-refractivity contribution in [3.8, 4) is 0 Å². The lowest BCUT2D eigenvalue weighted by Crippen LogP contribution is -2.62. The van der Waals surface area contributed by atoms with Crippen LogP contribution in [-0.2, 0) is 28.6 Å². The lowest BCUT2D eigenvalue weighted by molar-refractivity contribution is -0.163. The number of carbonyl (C=O) groups excluding carboxylic acids is 3. The Labute approximate surface area is 317 Å². The average molecular weight is 744 g/mol. The molecular formula is C41H53N5O8. The predicted octanol–water partition coefficient (Wildman–Crippen LogP) is 3.16. The van der Waals surface area contributed by atoms with Crippen molar-refractivity contribution in [1.82, 2.24) is 19.7 Å². The number of amides is 1. The fourth-order valence-corrected chi connectivity index (χ4v) is 9.98. The van der Waals surface area contributed by atoms with E-state index in [0.717, 1.165) is 31.5 Å². The molecule has 1 aromatic heterocycles. The van der Waals surface area contributed by atoms with Crippen molar-refractivity contribution >= 4 is 23.7 Å². The van der Waals surface area contributed by atoms with Gasteiger partial charge in [-0.15, -0.1) is 0 Å². The molecule has 1 aromatic rings. The number of aliphatic hydroxyl groups excluding tert-OH is 2. The van der Waals surface area contributed by atoms with E-state index >= 15 is 0 Å². The van der Waals surface area contributed by atoms with Gasteiger partial charge in [0.2, 0.25) is 0 Å². The molecule has 4 fully saturated rings. The summed E-state index contributed by atoms with van der Waals surface area (Å²) < 4.78 is 16.7. The second kappa shape index (κ2) is 15.2. The average Bonchev–Trinajstić information content (AvgIpc) is 3.66. The van der Waals surface area contributed by atoms with Gasteiger partial charge in [-0.2, -0.15) is 0 Å². The number of carbonyl (C=O) groups is 3. The maximum Gasteiger partial charge on any atom is 0.341 e. The third kappa shape index (κ3) is 6.74. The standard InChI is InChI=1S/C41H53N5O8/c1-6-53-39(51)36-37(49)46-23-26(10-11-35(46)44(36)5)19-27-20-28(38(50)54-27)30(43-34-9-7-8-14-42-34)21-29-25(2)31(45-15-17-52-18-16-45)22-32-40(29,3)13-12-33(48)41(32,4)24-47/h7-11,14,19-20,23,29-33,35-36,47-48H,2,6,12-13,15-18,21-22,24H2,1,3-5H3,(H,42,43)/b27-19+/t29?,30?,31?,32?,33-,35?,36?,40-,41+/m1/s1. The van der Waals surface area contributed by atoms with E-state index in [1.54, 1.807) is 43.4 Å². The van der Waals surface area contributed by atoms with Crippen molar-refractivity contribution in [2.75, 3.05) is 51.9 Å². The number of allylic oxidation sites excluding steroid dienone is 4. The number of esters is 2. The maximum absolute atomic E-state index is 13.8. The lowest BCUT2D eigenvalue weighted by Gasteiger charge is -2.62. The van der Waals surface area contributed by atoms with Gasteiger partial charge in [0.25, 0.3) is 5.91 Å². The molecule has 54 heavy (non-hydrogen) atoms. The molecule has 13 nitrogen and oxygen atoms in total. The summed E-state index contributed by atoms with van der Waals surface area (Å²) in [6.45, 7) is 13.6. The zero-order valence-corrected chi connectivity index (χ0v) is 31.6. The van der Waals surface area contributed by atoms with Gasteiger partial charge in [0.05, 0.1) is 44.1 Å². The number of rotatable bonds is 10. The van der Waals surface area contributed by atoms with Crippen LogP contribution in [0.4, 0.5) is 5.82 Å². The molecule has 13 heteroatoms. The number of nitrogens with zero attached hydrogens (tertiary/aromatic N) is 4. The molecule has 6 unspecified atom stereocenters. The first-order valence-electron chi connectivity index (χ1n) is 19.1. The van der Waals surface area contributed by atoms with Crippen LogP contribution < -0.4 is 5.32 Å². The molecule has 2 aliphatic carbocycles. The number of morpholine rings is 1. The fourth-order valence-electron chi connectivity index (χ4n) is 9.98. The number of aromatic nitrogens is 1. The van der Waals surface area contributed by atoms with E-state index < -0.39 is 41.7 Å². The molecule has 1 amide bonds. The summed E-state index contributed by atoms with van der Waals surface area (Å²) in [5.74, 6) is -0.628. The Morgan fingerprint density at radius 3 is 2.72 bits per heavy atom. The van der Waals surface area contributed by atoms with Crippen molar-refractivity contribution < 1.29 is 38.8 Å². The van der Waals surface area contributed by atoms with Crippen LogP contribution in [0.15, 0.2) is 84.0 Å². The van der Waals surface area contributed by atoms with Crippen LogP contribution in [0.5, 0.6) is 0 Å². The molecule has 7 rings (SSSR count). The second-order valence-electron chi connectivity index (χ2n) is 16.0. The van der Waals surface area contributed by atoms with Gasteiger partial charge in [0.15, 0.2) is 6.04 Å². The van der Waals surface area contributed by atoms with E-state index in [1.165, 1.54) is 4.90 Å². The number of hydrogen-bond donors (Lipinski definition) is 3. The number of likely N-dealkylation sites (N-methyl/N-ethyl adjacent to an activating group) is 1. The highest BCUT2D eigenvalue weighted by Crippen LogP contribution is 2.62. The van der Waals surface area contributed by atoms with E-state index in [-0.39, 0.29) is 42.4 Å². The summed E-state index contributed by atoms with van der Waals surface area (Å²) in [6.07, 6.45) is 12.0. The molecule has 0 spiro atoms. The molecule has 0 bridgehead atoms. The van der Waals surface area contributed by atoms with Crippen molar-refractivity contribution in [3.05, 3.63) is 84.0 Å². The van der Waals surface area contributed by atoms with Crippen LogP contribution in [-0.4, -0.2) is 125 Å². The van der Waals surface area contributed by atoms with E-state index in [2.05, 4.69) is 22.1 Å². The molecule has 290 valence electrons. The second-order valence-corrected chi connectivity index (χ2v) is 16.0. The summed E-state index contributed by atoms with van der Waals surface area (Å²) >= 11 is 0. The zero-order chi connectivity index (χ0) is 38.4. The van der Waals surface area contributed by atoms with E-state index in [0.29, 0.717) is 48.8 Å². The van der Waals surface area contributed by atoms with Crippen molar-refractivity contribution in [2.45, 2.75) is 76.8 Å². The quantitative estimate of drug-likeness (QED) is 0.183. The van der Waals surface area contributed by atoms with Crippen LogP contribution >= 0.6 is 0 Å². The minimum Gasteiger partial charge on any atom is -0.464 e. The fraction of sp³-hybridized carbons (Fsp3) is 0.561. The summed E-state index contributed by atoms with van der Waals surface area (Å²) in [5.41, 5.74) is 1.13. The number of anilines is 1. The topological polar surface area (TPSA) is 154 Å². The SMILES string of the molecule is C=C1C(N2CCOCC2)CC2[C@](C)(CC[C@@H](O)[C@@]2(C)CO)C1CC(Nc1ccccn1)C1=C/C(=C\C2=CN3C(=O)C(C(=O)OCC)N(C)C3C=C2)OC1=O. The minimum absolute atomic E-state index is 0.0119. The van der Waals surface area contributed by atoms with Gasteiger partial charge in [-0.3, -0.25) is 19.5 Å². The normalized spacial score (nSPS) is 35.6. The van der Waals surface area contributed by atoms with Gasteiger partial charge in [-0.1, -0.05) is 38.1 Å². The Balaban J connectivity index is 1.22. The molecule has 3 N–H and O–H groups in total. The van der Waals surface area contributed by atoms with Gasteiger partial charge in [0, 0.05) is 36.9 Å². The van der Waals surface area contributed by atoms with Gasteiger partial charge in [-0.25, -0.2) is 14.6 Å². The first kappa shape index (κ1) is 38.1. The highest BCUT2D eigenvalue weighted by molar-refractivity contribution is 6.04. The molecule has 2 saturated heterocycles. The Morgan fingerprint density at radius 2 is 2.02 bits per heavy atom. The van der Waals surface area contributed by atoms with Crippen LogP contribution in [0.1, 0.15) is 46.5 Å². The molecule has 0 radical (unpaired) electrons. The monoisotopic (exact) mass is 743 g/mol. The third-order valence-electron chi connectivity index (χ3n) is 13.0. The number of ether oxygens (including phenoxy) is 3. The van der Waals surface area contributed by atoms with Gasteiger partial charge in [0.1, 0.15) is 17.7 Å². The number of cyclic esters (lactones) is 1. The molecule has 4 aliphatic heterocycles. The van der Waals surface area contributed by atoms with Crippen molar-refractivity contribution in [2.24, 2.45) is 22.7 Å². The minimum atomic E-state index is -1.04. The van der Waals surface area contributed by atoms with Crippen LogP contribution in [0.3, 0.4) is 0 Å². The summed E-state index contributed by atoms with van der Waals surface area (Å²) in [5, 5.41) is 25.7. The summed E-state index contributed by atoms with van der Waals surface area (Å²) in [7, 11) is 1.71. The van der Waals surface area contributed by atoms with Crippen LogP contribution in [0.25, 0.3) is 0 Å². The van der Waals surface area contributed by atoms with Gasteiger partial charge < -0.3 is 29.7 Å². The number of fused-ring (bicyclic) bond motifs is 2. The first-order chi connectivity index (χ1) is 25.9. The Kier molecular flexibility index (Phi) is 10.7. The maximum atomic E-state index is 13.8. The van der Waals surface area contributed by atoms with E-state index in [1.807, 2.05) is 37.3 Å². The molecular weight excluding hydrogens is 690 g/mol. The highest BCUT2D eigenvalue weighted by atomic mass is 16.5. The number of hydrogen-bond acceptors (Lipinski definition) is 12. The number of pyridine rings is 1. The first-order valence-corrected chi connectivity index (χ1v) is 19.1. The van der Waals surface area contributed by atoms with Crippen LogP contribution in [0.2, 0.25) is 0 Å². The Morgan fingerprint density at radius 1 is 1.24 bits per heavy atom. The zero-order valence-electron chi connectivity index (χ0n) is 31.6. The predicted molar refractivity (Wildman–Crippen MR) is 200 cm³/mol. The highest BCUT2D eigenvalue weighted by Gasteiger charge is 2.60. The molecule has 0 aromatic carbocycles. The number of aliphatic hydroxyl groups is 2. The molecule has 2 saturated carbocycles. The third-order valence-corrected chi connectivity index (χ3v) is 13.0. The molecule has 6 aliphatic rings. The lowest BCUT2D eigenvalue weighted by atomic mass is 9.45. The van der Waals surface area contributed by atoms with E-state index in [9.17, 15) is 24.6 Å². The van der Waals surface area contributed by atoms with E-state index in [4.69, 9.17) is 20.8 Å². The molecule has 5 heterocycles. The summed E-state index contributed by atoms with van der Waals surface area (Å²) in [6, 6.07) is 4.04. The largest absolute Gasteiger partial charge is 0.464 e. The van der Waals surface area contributed by atoms with Crippen molar-refractivity contribution in [3.63, 3.8) is 0 Å². The number of nitrogens with one attached hydrogen (secondary N) is 1. The van der Waals surface area contributed by atoms with Crippen LogP contribution in [0, 0.1) is 22.7 Å². The van der Waals surface area contributed by atoms with Gasteiger partial charge in [-0.05, 0) is 92.8 Å². The summed E-state index contributed by atoms with van der Waals surface area (Å²) in [4.78, 5) is 49.8. The van der Waals surface area contributed by atoms with Crippen molar-refractivity contribution in [1.29, 1.82) is 0 Å². The van der Waals surface area contributed by atoms with Gasteiger partial charge >= 0.3 is 11.9 Å². The smallest absolute Gasteiger partial charge is 0.341 e. The Bertz CT molecular complexity index is 1770. The molecule has 9 atom stereocenters.